The summed E-state index contributed by atoms with van der Waals surface area (Å²) in [6, 6.07) is 4.51. The lowest BCUT2D eigenvalue weighted by Crippen LogP contribution is -2.15. The van der Waals surface area contributed by atoms with Gasteiger partial charge in [0, 0.05) is 23.0 Å². The Morgan fingerprint density at radius 2 is 2.05 bits per heavy atom. The third-order valence-electron chi connectivity index (χ3n) is 2.45. The van der Waals surface area contributed by atoms with Crippen molar-refractivity contribution in [3.63, 3.8) is 0 Å². The van der Waals surface area contributed by atoms with Crippen LogP contribution in [0.15, 0.2) is 30.6 Å². The van der Waals surface area contributed by atoms with Crippen LogP contribution in [-0.4, -0.2) is 26.4 Å². The number of halogens is 2. The molecule has 2 rings (SSSR count). The zero-order valence-electron chi connectivity index (χ0n) is 9.51. The first-order valence-corrected chi connectivity index (χ1v) is 5.97. The number of carbonyl (C=O) groups is 2. The average Bonchev–Trinajstić information content (AvgIpc) is 2.76. The van der Waals surface area contributed by atoms with Crippen molar-refractivity contribution in [3.8, 4) is 0 Å². The number of ketones is 1. The van der Waals surface area contributed by atoms with Crippen molar-refractivity contribution in [2.24, 2.45) is 0 Å². The molecule has 0 aliphatic heterocycles. The lowest BCUT2D eigenvalue weighted by molar-refractivity contribution is 0.0678. The van der Waals surface area contributed by atoms with Crippen LogP contribution < -0.4 is 0 Å². The molecule has 0 bridgehead atoms. The van der Waals surface area contributed by atoms with Crippen LogP contribution in [0.5, 0.6) is 0 Å². The molecule has 0 saturated heterocycles. The van der Waals surface area contributed by atoms with E-state index in [9.17, 15) is 9.59 Å². The van der Waals surface area contributed by atoms with Crippen LogP contribution in [-0.2, 0) is 6.54 Å². The topological polar surface area (TPSA) is 72.2 Å². The van der Waals surface area contributed by atoms with E-state index >= 15 is 0 Å². The molecule has 0 fully saturated rings. The monoisotopic (exact) mass is 298 g/mol. The highest BCUT2D eigenvalue weighted by atomic mass is 35.5. The summed E-state index contributed by atoms with van der Waals surface area (Å²) in [7, 11) is 0. The minimum absolute atomic E-state index is 0.150. The van der Waals surface area contributed by atoms with Crippen molar-refractivity contribution in [3.05, 3.63) is 52.0 Å². The maximum atomic E-state index is 12.0. The molecule has 0 aliphatic carbocycles. The smallest absolute Gasteiger partial charge is 0.372 e. The number of carboxylic acids is 1. The molecule has 0 unspecified atom stereocenters. The van der Waals surface area contributed by atoms with Crippen LogP contribution in [0.25, 0.3) is 0 Å². The molecule has 19 heavy (non-hydrogen) atoms. The highest BCUT2D eigenvalue weighted by Crippen LogP contribution is 2.21. The highest BCUT2D eigenvalue weighted by Gasteiger charge is 2.16. The van der Waals surface area contributed by atoms with Gasteiger partial charge in [0.2, 0.25) is 5.82 Å². The molecule has 5 nitrogen and oxygen atoms in total. The van der Waals surface area contributed by atoms with Gasteiger partial charge in [-0.1, -0.05) is 23.2 Å². The van der Waals surface area contributed by atoms with Gasteiger partial charge in [-0.05, 0) is 18.2 Å². The molecule has 1 N–H and O–H groups in total. The zero-order valence-corrected chi connectivity index (χ0v) is 11.0. The summed E-state index contributed by atoms with van der Waals surface area (Å²) in [5.74, 6) is -1.71. The first-order valence-electron chi connectivity index (χ1n) is 5.21. The van der Waals surface area contributed by atoms with Gasteiger partial charge < -0.3 is 9.67 Å². The molecule has 0 amide bonds. The molecule has 1 aromatic heterocycles. The summed E-state index contributed by atoms with van der Waals surface area (Å²) < 4.78 is 1.25. The van der Waals surface area contributed by atoms with E-state index in [-0.39, 0.29) is 28.7 Å². The zero-order chi connectivity index (χ0) is 14.0. The lowest BCUT2D eigenvalue weighted by atomic mass is 10.1. The Bertz CT molecular complexity index is 652. The van der Waals surface area contributed by atoms with Crippen molar-refractivity contribution < 1.29 is 14.7 Å². The fraction of sp³-hybridized carbons (Fsp3) is 0.0833. The third-order valence-corrected chi connectivity index (χ3v) is 3.00. The van der Waals surface area contributed by atoms with Gasteiger partial charge in [0.25, 0.3) is 0 Å². The largest absolute Gasteiger partial charge is 0.475 e. The maximum absolute atomic E-state index is 12.0. The Hall–Kier alpha value is -1.85. The van der Waals surface area contributed by atoms with Gasteiger partial charge in [-0.2, -0.15) is 0 Å². The van der Waals surface area contributed by atoms with E-state index in [1.54, 1.807) is 6.07 Å². The second kappa shape index (κ2) is 5.42. The van der Waals surface area contributed by atoms with Crippen LogP contribution in [0, 0.1) is 0 Å². The van der Waals surface area contributed by atoms with Crippen molar-refractivity contribution >= 4 is 35.0 Å². The van der Waals surface area contributed by atoms with E-state index in [0.717, 1.165) is 0 Å². The Kier molecular flexibility index (Phi) is 3.87. The number of carbonyl (C=O) groups excluding carboxylic acids is 1. The fourth-order valence-electron chi connectivity index (χ4n) is 1.59. The number of hydrogen-bond donors (Lipinski definition) is 1. The molecule has 98 valence electrons. The molecule has 1 heterocycles. The predicted octanol–water partition coefficient (Wildman–Crippen LogP) is 2.77. The number of rotatable bonds is 4. The summed E-state index contributed by atoms with van der Waals surface area (Å²) in [5, 5.41) is 9.55. The second-order valence-corrected chi connectivity index (χ2v) is 4.57. The first kappa shape index (κ1) is 13.6. The Labute approximate surface area is 118 Å². The summed E-state index contributed by atoms with van der Waals surface area (Å²) in [4.78, 5) is 26.6. The van der Waals surface area contributed by atoms with Crippen molar-refractivity contribution in [1.29, 1.82) is 0 Å². The van der Waals surface area contributed by atoms with Gasteiger partial charge in [-0.15, -0.1) is 0 Å². The number of nitrogens with zero attached hydrogens (tertiary/aromatic N) is 2. The van der Waals surface area contributed by atoms with E-state index in [1.807, 2.05) is 0 Å². The van der Waals surface area contributed by atoms with E-state index in [2.05, 4.69) is 4.98 Å². The minimum Gasteiger partial charge on any atom is -0.475 e. The lowest BCUT2D eigenvalue weighted by Gasteiger charge is -2.06. The molecular formula is C12H8Cl2N2O3. The molecule has 2 aromatic rings. The Morgan fingerprint density at radius 3 is 2.68 bits per heavy atom. The van der Waals surface area contributed by atoms with Crippen molar-refractivity contribution in [2.75, 3.05) is 0 Å². The number of aromatic carboxylic acids is 1. The Morgan fingerprint density at radius 1 is 1.32 bits per heavy atom. The number of carboxylic acid groups (broad SMARTS) is 1. The van der Waals surface area contributed by atoms with E-state index < -0.39 is 5.97 Å². The molecular weight excluding hydrogens is 291 g/mol. The number of aromatic nitrogens is 2. The van der Waals surface area contributed by atoms with Gasteiger partial charge in [0.1, 0.15) is 0 Å². The first-order chi connectivity index (χ1) is 8.99. The Balaban J connectivity index is 2.26. The SMILES string of the molecule is O=C(Cn1ccnc1C(=O)O)c1ccc(Cl)cc1Cl. The van der Waals surface area contributed by atoms with Crippen molar-refractivity contribution in [2.45, 2.75) is 6.54 Å². The van der Waals surface area contributed by atoms with Gasteiger partial charge in [0.05, 0.1) is 11.6 Å². The standard InChI is InChI=1S/C12H8Cl2N2O3/c13-7-1-2-8(9(14)5-7)10(17)6-16-4-3-15-11(16)12(18)19/h1-5H,6H2,(H,18,19). The molecule has 0 radical (unpaired) electrons. The van der Waals surface area contributed by atoms with E-state index in [1.165, 1.54) is 29.1 Å². The predicted molar refractivity (Wildman–Crippen MR) is 70.0 cm³/mol. The van der Waals surface area contributed by atoms with Gasteiger partial charge in [0.15, 0.2) is 5.78 Å². The second-order valence-electron chi connectivity index (χ2n) is 3.73. The molecule has 7 heteroatoms. The summed E-state index contributed by atoms with van der Waals surface area (Å²) in [6.07, 6.45) is 2.74. The average molecular weight is 299 g/mol. The molecule has 0 spiro atoms. The molecule has 1 aromatic carbocycles. The molecule has 0 aliphatic rings. The van der Waals surface area contributed by atoms with Crippen LogP contribution in [0.2, 0.25) is 10.0 Å². The summed E-state index contributed by atoms with van der Waals surface area (Å²) in [5.41, 5.74) is 0.288. The number of imidazole rings is 1. The normalized spacial score (nSPS) is 10.4. The van der Waals surface area contributed by atoms with E-state index in [4.69, 9.17) is 28.3 Å². The third kappa shape index (κ3) is 2.94. The summed E-state index contributed by atoms with van der Waals surface area (Å²) >= 11 is 11.7. The molecule has 0 saturated carbocycles. The maximum Gasteiger partial charge on any atom is 0.372 e. The van der Waals surface area contributed by atoms with Crippen LogP contribution >= 0.6 is 23.2 Å². The highest BCUT2D eigenvalue weighted by molar-refractivity contribution is 6.36. The van der Waals surface area contributed by atoms with Gasteiger partial charge in [-0.25, -0.2) is 9.78 Å². The van der Waals surface area contributed by atoms with E-state index in [0.29, 0.717) is 5.02 Å². The number of Topliss-reactive ketones (excluding diaryl/α,β-unsaturated/α-hetero) is 1. The quantitative estimate of drug-likeness (QED) is 0.881. The van der Waals surface area contributed by atoms with Crippen LogP contribution in [0.1, 0.15) is 21.0 Å². The number of benzene rings is 1. The summed E-state index contributed by atoms with van der Waals surface area (Å²) in [6.45, 7) is -0.150. The van der Waals surface area contributed by atoms with Gasteiger partial charge in [-0.3, -0.25) is 4.79 Å². The van der Waals surface area contributed by atoms with Crippen LogP contribution in [0.3, 0.4) is 0 Å². The van der Waals surface area contributed by atoms with Gasteiger partial charge >= 0.3 is 5.97 Å². The fourth-order valence-corrected chi connectivity index (χ4v) is 2.10. The van der Waals surface area contributed by atoms with Crippen LogP contribution in [0.4, 0.5) is 0 Å². The molecule has 0 atom stereocenters. The number of hydrogen-bond acceptors (Lipinski definition) is 3. The minimum atomic E-state index is -1.19. The van der Waals surface area contributed by atoms with Crippen molar-refractivity contribution in [1.82, 2.24) is 9.55 Å².